The number of likely N-dealkylation sites (N-methyl/N-ethyl adjacent to an activating group) is 1. The summed E-state index contributed by atoms with van der Waals surface area (Å²) in [5, 5.41) is 10.7. The maximum Gasteiger partial charge on any atom is 0.269 e. The van der Waals surface area contributed by atoms with E-state index < -0.39 is 11.0 Å². The zero-order valence-corrected chi connectivity index (χ0v) is 13.6. The number of hydrogen-bond donors (Lipinski definition) is 1. The first-order valence-corrected chi connectivity index (χ1v) is 7.91. The number of carbonyl (C=O) groups is 1. The lowest BCUT2D eigenvalue weighted by Crippen LogP contribution is -2.53. The smallest absolute Gasteiger partial charge is 0.269 e. The lowest BCUT2D eigenvalue weighted by Gasteiger charge is -2.35. The molecule has 0 bridgehead atoms. The van der Waals surface area contributed by atoms with Gasteiger partial charge in [-0.3, -0.25) is 14.9 Å². The maximum absolute atomic E-state index is 12.6. The summed E-state index contributed by atoms with van der Waals surface area (Å²) < 4.78 is 0. The van der Waals surface area contributed by atoms with E-state index in [1.54, 1.807) is 12.1 Å². The standard InChI is InChI=1S/C16H24N4O3/c1-3-14(12-4-6-13(7-5-12)20(22)23)15(17)16(21)19-10-8-18(2)9-11-19/h4-7,14-15H,3,8-11,17H2,1-2H3. The van der Waals surface area contributed by atoms with Crippen LogP contribution < -0.4 is 5.73 Å². The molecule has 1 aliphatic rings. The van der Waals surface area contributed by atoms with Gasteiger partial charge in [0.1, 0.15) is 0 Å². The van der Waals surface area contributed by atoms with Crippen LogP contribution in [0.3, 0.4) is 0 Å². The summed E-state index contributed by atoms with van der Waals surface area (Å²) >= 11 is 0. The Labute approximate surface area is 136 Å². The molecule has 1 aliphatic heterocycles. The number of nitrogens with two attached hydrogens (primary N) is 1. The Hall–Kier alpha value is -1.99. The summed E-state index contributed by atoms with van der Waals surface area (Å²) in [7, 11) is 2.04. The molecule has 1 fully saturated rings. The first kappa shape index (κ1) is 17.4. The number of hydrogen-bond acceptors (Lipinski definition) is 5. The minimum absolute atomic E-state index is 0.0386. The van der Waals surface area contributed by atoms with Gasteiger partial charge in [0.2, 0.25) is 5.91 Å². The van der Waals surface area contributed by atoms with Gasteiger partial charge in [0.05, 0.1) is 11.0 Å². The van der Waals surface area contributed by atoms with Gasteiger partial charge in [-0.05, 0) is 19.0 Å². The Morgan fingerprint density at radius 3 is 2.30 bits per heavy atom. The fraction of sp³-hybridized carbons (Fsp3) is 0.562. The number of nitrogens with zero attached hydrogens (tertiary/aromatic N) is 3. The molecule has 7 heteroatoms. The number of carbonyl (C=O) groups excluding carboxylic acids is 1. The van der Waals surface area contributed by atoms with Gasteiger partial charge in [-0.25, -0.2) is 0 Å². The van der Waals surface area contributed by atoms with Crippen molar-refractivity contribution in [3.05, 3.63) is 39.9 Å². The van der Waals surface area contributed by atoms with Crippen molar-refractivity contribution in [2.45, 2.75) is 25.3 Å². The zero-order valence-electron chi connectivity index (χ0n) is 13.6. The van der Waals surface area contributed by atoms with Gasteiger partial charge in [0.25, 0.3) is 5.69 Å². The van der Waals surface area contributed by atoms with E-state index in [9.17, 15) is 14.9 Å². The molecule has 0 radical (unpaired) electrons. The Balaban J connectivity index is 2.09. The molecular weight excluding hydrogens is 296 g/mol. The van der Waals surface area contributed by atoms with Gasteiger partial charge in [0, 0.05) is 44.2 Å². The topological polar surface area (TPSA) is 92.7 Å². The predicted octanol–water partition coefficient (Wildman–Crippen LogP) is 1.19. The van der Waals surface area contributed by atoms with Gasteiger partial charge < -0.3 is 15.5 Å². The molecule has 2 N–H and O–H groups in total. The van der Waals surface area contributed by atoms with Crippen molar-refractivity contribution in [1.29, 1.82) is 0 Å². The Bertz CT molecular complexity index is 553. The third-order valence-electron chi connectivity index (χ3n) is 4.51. The largest absolute Gasteiger partial charge is 0.339 e. The van der Waals surface area contributed by atoms with Crippen molar-refractivity contribution in [3.63, 3.8) is 0 Å². The van der Waals surface area contributed by atoms with Crippen LogP contribution in [-0.2, 0) is 4.79 Å². The molecule has 1 saturated heterocycles. The molecule has 1 aromatic rings. The minimum Gasteiger partial charge on any atom is -0.339 e. The molecule has 23 heavy (non-hydrogen) atoms. The Morgan fingerprint density at radius 1 is 1.26 bits per heavy atom. The second-order valence-corrected chi connectivity index (χ2v) is 6.02. The van der Waals surface area contributed by atoms with Gasteiger partial charge in [-0.15, -0.1) is 0 Å². The van der Waals surface area contributed by atoms with Crippen LogP contribution in [0.15, 0.2) is 24.3 Å². The summed E-state index contributed by atoms with van der Waals surface area (Å²) in [6.07, 6.45) is 0.707. The third-order valence-corrected chi connectivity index (χ3v) is 4.51. The van der Waals surface area contributed by atoms with E-state index in [0.29, 0.717) is 19.5 Å². The second kappa shape index (κ2) is 7.52. The van der Waals surface area contributed by atoms with Gasteiger partial charge in [0.15, 0.2) is 0 Å². The molecule has 2 atom stereocenters. The number of rotatable bonds is 5. The summed E-state index contributed by atoms with van der Waals surface area (Å²) in [4.78, 5) is 26.9. The van der Waals surface area contributed by atoms with Crippen molar-refractivity contribution in [2.24, 2.45) is 5.73 Å². The van der Waals surface area contributed by atoms with Gasteiger partial charge in [-0.2, -0.15) is 0 Å². The normalized spacial score (nSPS) is 18.5. The van der Waals surface area contributed by atoms with E-state index in [0.717, 1.165) is 18.7 Å². The van der Waals surface area contributed by atoms with E-state index in [1.165, 1.54) is 12.1 Å². The molecule has 0 aromatic heterocycles. The molecule has 7 nitrogen and oxygen atoms in total. The highest BCUT2D eigenvalue weighted by Gasteiger charge is 2.30. The second-order valence-electron chi connectivity index (χ2n) is 6.02. The van der Waals surface area contributed by atoms with Crippen LogP contribution in [0.4, 0.5) is 5.69 Å². The quantitative estimate of drug-likeness (QED) is 0.650. The predicted molar refractivity (Wildman–Crippen MR) is 88.2 cm³/mol. The minimum atomic E-state index is -0.620. The third kappa shape index (κ3) is 4.05. The number of amides is 1. The highest BCUT2D eigenvalue weighted by molar-refractivity contribution is 5.83. The van der Waals surface area contributed by atoms with Gasteiger partial charge >= 0.3 is 0 Å². The average Bonchev–Trinajstić information content (AvgIpc) is 2.56. The van der Waals surface area contributed by atoms with Crippen LogP contribution in [0, 0.1) is 10.1 Å². The fourth-order valence-corrected chi connectivity index (χ4v) is 2.95. The molecular formula is C16H24N4O3. The molecule has 1 aromatic carbocycles. The van der Waals surface area contributed by atoms with E-state index in [-0.39, 0.29) is 17.5 Å². The van der Waals surface area contributed by atoms with E-state index in [2.05, 4.69) is 4.90 Å². The number of nitro groups is 1. The summed E-state index contributed by atoms with van der Waals surface area (Å²) in [5.41, 5.74) is 7.14. The highest BCUT2D eigenvalue weighted by atomic mass is 16.6. The van der Waals surface area contributed by atoms with Crippen molar-refractivity contribution in [1.82, 2.24) is 9.80 Å². The number of piperazine rings is 1. The van der Waals surface area contributed by atoms with E-state index in [4.69, 9.17) is 5.73 Å². The number of nitro benzene ring substituents is 1. The van der Waals surface area contributed by atoms with Crippen LogP contribution >= 0.6 is 0 Å². The summed E-state index contributed by atoms with van der Waals surface area (Å²) in [6.45, 7) is 5.07. The first-order chi connectivity index (χ1) is 10.9. The Morgan fingerprint density at radius 2 is 1.83 bits per heavy atom. The highest BCUT2D eigenvalue weighted by Crippen LogP contribution is 2.25. The Kier molecular flexibility index (Phi) is 5.68. The number of non-ortho nitro benzene ring substituents is 1. The lowest BCUT2D eigenvalue weighted by atomic mass is 9.88. The monoisotopic (exact) mass is 320 g/mol. The molecule has 2 unspecified atom stereocenters. The van der Waals surface area contributed by atoms with Gasteiger partial charge in [-0.1, -0.05) is 19.1 Å². The van der Waals surface area contributed by atoms with Crippen LogP contribution in [0.25, 0.3) is 0 Å². The first-order valence-electron chi connectivity index (χ1n) is 7.91. The van der Waals surface area contributed by atoms with Crippen molar-refractivity contribution >= 4 is 11.6 Å². The molecule has 0 saturated carbocycles. The van der Waals surface area contributed by atoms with E-state index >= 15 is 0 Å². The van der Waals surface area contributed by atoms with Crippen LogP contribution in [-0.4, -0.2) is 59.9 Å². The summed E-state index contributed by atoms with van der Waals surface area (Å²) in [5.74, 6) is -0.175. The van der Waals surface area contributed by atoms with Crippen molar-refractivity contribution < 1.29 is 9.72 Å². The van der Waals surface area contributed by atoms with E-state index in [1.807, 2.05) is 18.9 Å². The molecule has 0 spiro atoms. The molecule has 0 aliphatic carbocycles. The van der Waals surface area contributed by atoms with Crippen molar-refractivity contribution in [2.75, 3.05) is 33.2 Å². The number of benzene rings is 1. The van der Waals surface area contributed by atoms with Crippen LogP contribution in [0.2, 0.25) is 0 Å². The molecule has 1 amide bonds. The zero-order chi connectivity index (χ0) is 17.0. The average molecular weight is 320 g/mol. The van der Waals surface area contributed by atoms with Crippen LogP contribution in [0.1, 0.15) is 24.8 Å². The van der Waals surface area contributed by atoms with Crippen molar-refractivity contribution in [3.8, 4) is 0 Å². The molecule has 2 rings (SSSR count). The molecule has 126 valence electrons. The molecule has 1 heterocycles. The SMILES string of the molecule is CCC(c1ccc([N+](=O)[O-])cc1)C(N)C(=O)N1CCN(C)CC1. The lowest BCUT2D eigenvalue weighted by molar-refractivity contribution is -0.384. The van der Waals surface area contributed by atoms with Crippen LogP contribution in [0.5, 0.6) is 0 Å². The maximum atomic E-state index is 12.6. The summed E-state index contributed by atoms with van der Waals surface area (Å²) in [6, 6.07) is 5.70. The fourth-order valence-electron chi connectivity index (χ4n) is 2.95.